The van der Waals surface area contributed by atoms with Gasteiger partial charge in [0.2, 0.25) is 0 Å². The third-order valence-corrected chi connectivity index (χ3v) is 1.62. The minimum Gasteiger partial charge on any atom is -0.481 e. The fourth-order valence-electron chi connectivity index (χ4n) is 0.741. The van der Waals surface area contributed by atoms with E-state index in [4.69, 9.17) is 14.6 Å². The van der Waals surface area contributed by atoms with Crippen LogP contribution in [0.25, 0.3) is 0 Å². The van der Waals surface area contributed by atoms with E-state index in [9.17, 15) is 14.0 Å². The number of carbonyl (C=O) groups is 2. The summed E-state index contributed by atoms with van der Waals surface area (Å²) in [4.78, 5) is 20.3. The first kappa shape index (κ1) is 14.0. The molecule has 0 heterocycles. The molecule has 2 unspecified atom stereocenters. The second kappa shape index (κ2) is 7.30. The van der Waals surface area contributed by atoms with Crippen LogP contribution in [0.5, 0.6) is 0 Å². The van der Waals surface area contributed by atoms with Gasteiger partial charge in [-0.15, -0.1) is 0 Å². The zero-order valence-corrected chi connectivity index (χ0v) is 8.73. The summed E-state index contributed by atoms with van der Waals surface area (Å²) in [6, 6.07) is -1.53. The highest BCUT2D eigenvalue weighted by Crippen LogP contribution is 1.99. The molecule has 0 fully saturated rings. The summed E-state index contributed by atoms with van der Waals surface area (Å²) < 4.78 is 21.9. The van der Waals surface area contributed by atoms with Crippen LogP contribution < -0.4 is 0 Å². The predicted molar refractivity (Wildman–Crippen MR) is 49.2 cm³/mol. The molecule has 0 aromatic rings. The fraction of sp³-hybridized carbons (Fsp3) is 0.778. The Balaban J connectivity index is 3.52. The highest BCUT2D eigenvalue weighted by atomic mass is 19.1. The van der Waals surface area contributed by atoms with E-state index in [1.807, 2.05) is 0 Å². The van der Waals surface area contributed by atoms with E-state index in [-0.39, 0.29) is 25.7 Å². The van der Waals surface area contributed by atoms with Gasteiger partial charge in [-0.1, -0.05) is 0 Å². The number of hydrogen-bond acceptors (Lipinski definition) is 4. The standard InChI is InChI=1S/C9H15FO5/c1-6(14-4-3-8(11)12)5-15-7(2)9(10)13/h6-7H,3-5H2,1-2H3,(H,11,12). The van der Waals surface area contributed by atoms with Crippen LogP contribution in [-0.2, 0) is 19.1 Å². The summed E-state index contributed by atoms with van der Waals surface area (Å²) in [6.45, 7) is 3.07. The maximum absolute atomic E-state index is 12.0. The predicted octanol–water partition coefficient (Wildman–Crippen LogP) is 0.767. The van der Waals surface area contributed by atoms with Gasteiger partial charge < -0.3 is 14.6 Å². The van der Waals surface area contributed by atoms with Crippen molar-refractivity contribution in [2.45, 2.75) is 32.5 Å². The van der Waals surface area contributed by atoms with Crippen LogP contribution in [0.15, 0.2) is 0 Å². The van der Waals surface area contributed by atoms with Gasteiger partial charge in [-0.05, 0) is 13.8 Å². The Bertz CT molecular complexity index is 219. The first-order valence-electron chi connectivity index (χ1n) is 4.57. The zero-order valence-electron chi connectivity index (χ0n) is 8.73. The van der Waals surface area contributed by atoms with Crippen molar-refractivity contribution in [3.8, 4) is 0 Å². The molecule has 0 saturated carbocycles. The van der Waals surface area contributed by atoms with Crippen molar-refractivity contribution in [2.24, 2.45) is 0 Å². The van der Waals surface area contributed by atoms with Crippen LogP contribution in [-0.4, -0.2) is 42.5 Å². The van der Waals surface area contributed by atoms with Crippen molar-refractivity contribution in [1.29, 1.82) is 0 Å². The minimum atomic E-state index is -1.53. The Kier molecular flexibility index (Phi) is 6.81. The van der Waals surface area contributed by atoms with E-state index in [0.717, 1.165) is 0 Å². The lowest BCUT2D eigenvalue weighted by molar-refractivity contribution is -0.143. The molecule has 0 aromatic carbocycles. The largest absolute Gasteiger partial charge is 0.481 e. The molecule has 0 aliphatic rings. The Morgan fingerprint density at radius 2 is 1.93 bits per heavy atom. The van der Waals surface area contributed by atoms with E-state index in [0.29, 0.717) is 0 Å². The molecule has 0 bridgehead atoms. The number of carboxylic acid groups (broad SMARTS) is 1. The van der Waals surface area contributed by atoms with Crippen molar-refractivity contribution < 1.29 is 28.6 Å². The Morgan fingerprint density at radius 3 is 2.40 bits per heavy atom. The molecule has 5 nitrogen and oxygen atoms in total. The van der Waals surface area contributed by atoms with Crippen LogP contribution in [0, 0.1) is 0 Å². The van der Waals surface area contributed by atoms with Gasteiger partial charge in [0.15, 0.2) is 0 Å². The minimum absolute atomic E-state index is 0.0520. The molecule has 0 radical (unpaired) electrons. The van der Waals surface area contributed by atoms with E-state index < -0.39 is 18.1 Å². The molecule has 15 heavy (non-hydrogen) atoms. The van der Waals surface area contributed by atoms with Crippen molar-refractivity contribution in [3.63, 3.8) is 0 Å². The van der Waals surface area contributed by atoms with Gasteiger partial charge in [0.25, 0.3) is 0 Å². The van der Waals surface area contributed by atoms with Crippen LogP contribution in [0.4, 0.5) is 4.39 Å². The number of carbonyl (C=O) groups excluding carboxylic acids is 1. The van der Waals surface area contributed by atoms with Gasteiger partial charge in [0, 0.05) is 0 Å². The number of ether oxygens (including phenoxy) is 2. The van der Waals surface area contributed by atoms with Crippen LogP contribution in [0.3, 0.4) is 0 Å². The molecule has 0 amide bonds. The quantitative estimate of drug-likeness (QED) is 0.614. The van der Waals surface area contributed by atoms with Crippen molar-refractivity contribution in [1.82, 2.24) is 0 Å². The fourth-order valence-corrected chi connectivity index (χ4v) is 0.741. The third kappa shape index (κ3) is 8.02. The highest BCUT2D eigenvalue weighted by molar-refractivity contribution is 5.72. The maximum Gasteiger partial charge on any atom is 0.329 e. The molecule has 0 aliphatic carbocycles. The van der Waals surface area contributed by atoms with Crippen molar-refractivity contribution in [3.05, 3.63) is 0 Å². The van der Waals surface area contributed by atoms with Crippen LogP contribution in [0.2, 0.25) is 0 Å². The van der Waals surface area contributed by atoms with Crippen molar-refractivity contribution in [2.75, 3.05) is 13.2 Å². The lowest BCUT2D eigenvalue weighted by Gasteiger charge is -2.14. The summed E-state index contributed by atoms with van der Waals surface area (Å²) in [5.41, 5.74) is 0. The first-order chi connectivity index (χ1) is 6.93. The molecule has 0 spiro atoms. The Labute approximate surface area is 87.2 Å². The van der Waals surface area contributed by atoms with Crippen molar-refractivity contribution >= 4 is 12.0 Å². The third-order valence-electron chi connectivity index (χ3n) is 1.62. The molecule has 0 aliphatic heterocycles. The summed E-state index contributed by atoms with van der Waals surface area (Å²) >= 11 is 0. The lowest BCUT2D eigenvalue weighted by Crippen LogP contribution is -2.24. The Morgan fingerprint density at radius 1 is 1.33 bits per heavy atom. The molecule has 1 N–H and O–H groups in total. The zero-order chi connectivity index (χ0) is 11.8. The number of halogens is 1. The average molecular weight is 222 g/mol. The van der Waals surface area contributed by atoms with Gasteiger partial charge >= 0.3 is 12.0 Å². The summed E-state index contributed by atoms with van der Waals surface area (Å²) in [6.07, 6.45) is -1.57. The number of aliphatic carboxylic acids is 1. The average Bonchev–Trinajstić information content (AvgIpc) is 2.13. The van der Waals surface area contributed by atoms with E-state index in [1.54, 1.807) is 6.92 Å². The van der Waals surface area contributed by atoms with E-state index in [2.05, 4.69) is 0 Å². The van der Waals surface area contributed by atoms with Gasteiger partial charge in [0.1, 0.15) is 6.10 Å². The molecular formula is C9H15FO5. The van der Waals surface area contributed by atoms with Gasteiger partial charge in [0.05, 0.1) is 25.7 Å². The molecule has 0 saturated heterocycles. The SMILES string of the molecule is CC(COC(C)C(=O)F)OCCC(=O)O. The van der Waals surface area contributed by atoms with Crippen LogP contribution >= 0.6 is 0 Å². The number of rotatable bonds is 8. The normalized spacial score (nSPS) is 14.6. The number of hydrogen-bond donors (Lipinski definition) is 1. The Hall–Kier alpha value is -1.01. The molecular weight excluding hydrogens is 207 g/mol. The topological polar surface area (TPSA) is 72.8 Å². The molecule has 6 heteroatoms. The summed E-state index contributed by atoms with van der Waals surface area (Å²) in [5.74, 6) is -0.949. The second-order valence-electron chi connectivity index (χ2n) is 3.10. The smallest absolute Gasteiger partial charge is 0.329 e. The molecule has 88 valence electrons. The molecule has 0 aromatic heterocycles. The summed E-state index contributed by atoms with van der Waals surface area (Å²) in [7, 11) is 0. The molecule has 2 atom stereocenters. The number of carboxylic acids is 1. The van der Waals surface area contributed by atoms with E-state index >= 15 is 0 Å². The molecule has 0 rings (SSSR count). The van der Waals surface area contributed by atoms with Gasteiger partial charge in [-0.3, -0.25) is 9.59 Å². The van der Waals surface area contributed by atoms with E-state index in [1.165, 1.54) is 6.92 Å². The first-order valence-corrected chi connectivity index (χ1v) is 4.57. The second-order valence-corrected chi connectivity index (χ2v) is 3.10. The lowest BCUT2D eigenvalue weighted by atomic mass is 10.4. The monoisotopic (exact) mass is 222 g/mol. The van der Waals surface area contributed by atoms with Gasteiger partial charge in [-0.2, -0.15) is 4.39 Å². The van der Waals surface area contributed by atoms with Crippen LogP contribution in [0.1, 0.15) is 20.3 Å². The maximum atomic E-state index is 12.0. The van der Waals surface area contributed by atoms with Gasteiger partial charge in [-0.25, -0.2) is 0 Å². The highest BCUT2D eigenvalue weighted by Gasteiger charge is 2.13. The summed E-state index contributed by atoms with van der Waals surface area (Å²) in [5, 5.41) is 8.31.